The third-order valence-electron chi connectivity index (χ3n) is 24.4. The number of allylic oxidation sites excluding steroid dienone is 2. The molecule has 31 heteroatoms. The maximum atomic E-state index is 15.8. The number of carbonyl (C=O) groups excluding carboxylic acids is 2. The Bertz CT molecular complexity index is 3110. The van der Waals surface area contributed by atoms with Crippen molar-refractivity contribution in [2.45, 2.75) is 266 Å². The first-order valence-corrected chi connectivity index (χ1v) is 34.6. The van der Waals surface area contributed by atoms with Gasteiger partial charge in [0.1, 0.15) is 97.7 Å². The number of fused-ring (bicyclic) bond motifs is 7. The van der Waals surface area contributed by atoms with E-state index in [4.69, 9.17) is 61.6 Å². The van der Waals surface area contributed by atoms with Gasteiger partial charge < -0.3 is 138 Å². The molecular weight excluding hydrogens is 1320 g/mol. The average molecular weight is 1430 g/mol. The minimum Gasteiger partial charge on any atom is -0.493 e. The molecule has 15 N–H and O–H groups in total. The molecule has 0 unspecified atom stereocenters. The molecule has 0 spiro atoms. The van der Waals surface area contributed by atoms with Crippen molar-refractivity contribution in [3.8, 4) is 11.5 Å². The van der Waals surface area contributed by atoms with E-state index in [0.717, 1.165) is 11.6 Å². The molecule has 0 aromatic heterocycles. The van der Waals surface area contributed by atoms with Crippen LogP contribution in [-0.4, -0.2) is 288 Å². The highest BCUT2D eigenvalue weighted by molar-refractivity contribution is 5.87. The van der Waals surface area contributed by atoms with Gasteiger partial charge in [0.2, 0.25) is 6.29 Å². The van der Waals surface area contributed by atoms with E-state index in [-0.39, 0.29) is 23.7 Å². The number of carboxylic acids is 1. The SMILES string of the molecule is COc1ccc(/C=C\C(=O)O[C@@H]2[C@H](O)[C@@H](O[C@H]3O[C@@H](C)[C@H](O[C@@H]4OC[C@@H](O)[C@H](O[C@@H]5O[C@H](CO)[C@@H](O)[C@H](O)[C@H]5O)[C@H]4O)[C@@H](O)[C@H]3O)[C@H](OC(=O)[C@@]34CC[C@H]5C(=CC[C@H]6[C@@]7(C)C[C@H](O)[C@H](O[C@@H]8O[C@H](CO)[C@@H](O)[C@H](O)[C@H]8O)[C@@](C)(C(=O)O)[C@@H]7CC[C@]65C)[C@@H]3CC(C)(C)CC4)O[C@@H]2C)cc1OC. The number of aliphatic hydroxyl groups excluding tert-OH is 14. The maximum Gasteiger partial charge on any atom is 0.331 e. The van der Waals surface area contributed by atoms with Crippen molar-refractivity contribution >= 4 is 24.0 Å². The van der Waals surface area contributed by atoms with Crippen molar-refractivity contribution in [3.63, 3.8) is 0 Å². The summed E-state index contributed by atoms with van der Waals surface area (Å²) < 4.78 is 76.8. The Morgan fingerprint density at radius 2 is 1.14 bits per heavy atom. The lowest BCUT2D eigenvalue weighted by molar-refractivity contribution is -0.380. The van der Waals surface area contributed by atoms with Crippen LogP contribution in [0, 0.1) is 50.7 Å². The highest BCUT2D eigenvalue weighted by Crippen LogP contribution is 2.73. The molecule has 1 aromatic rings. The van der Waals surface area contributed by atoms with Crippen molar-refractivity contribution < 1.29 is 153 Å². The lowest BCUT2D eigenvalue weighted by Crippen LogP contribution is -2.69. The van der Waals surface area contributed by atoms with Crippen molar-refractivity contribution in [1.82, 2.24) is 0 Å². The molecule has 4 saturated carbocycles. The normalized spacial score (nSPS) is 48.6. The molecule has 11 rings (SSSR count). The first kappa shape index (κ1) is 76.9. The van der Waals surface area contributed by atoms with Crippen molar-refractivity contribution in [2.24, 2.45) is 50.7 Å². The number of carbonyl (C=O) groups is 3. The second kappa shape index (κ2) is 29.6. The van der Waals surface area contributed by atoms with E-state index in [0.29, 0.717) is 68.4 Å². The van der Waals surface area contributed by atoms with Gasteiger partial charge in [0, 0.05) is 6.08 Å². The van der Waals surface area contributed by atoms with Crippen LogP contribution in [0.1, 0.15) is 112 Å². The molecule has 10 aliphatic rings. The van der Waals surface area contributed by atoms with E-state index in [1.807, 2.05) is 6.92 Å². The highest BCUT2D eigenvalue weighted by Gasteiger charge is 2.71. The number of ether oxygens (including phenoxy) is 13. The average Bonchev–Trinajstić information content (AvgIpc) is 0.683. The van der Waals surface area contributed by atoms with Crippen LogP contribution in [0.15, 0.2) is 35.9 Å². The number of hydrogen-bond donors (Lipinski definition) is 15. The molecule has 0 bridgehead atoms. The number of rotatable bonds is 18. The van der Waals surface area contributed by atoms with Gasteiger partial charge in [-0.15, -0.1) is 0 Å². The summed E-state index contributed by atoms with van der Waals surface area (Å²) in [4.78, 5) is 43.4. The lowest BCUT2D eigenvalue weighted by atomic mass is 9.36. The number of aliphatic carboxylic acids is 1. The Labute approximate surface area is 578 Å². The Kier molecular flexibility index (Phi) is 22.8. The fourth-order valence-corrected chi connectivity index (χ4v) is 18.8. The maximum absolute atomic E-state index is 15.8. The summed E-state index contributed by atoms with van der Waals surface area (Å²) >= 11 is 0. The van der Waals surface area contributed by atoms with Crippen LogP contribution in [0.2, 0.25) is 0 Å². The van der Waals surface area contributed by atoms with Crippen LogP contribution < -0.4 is 9.47 Å². The van der Waals surface area contributed by atoms with Gasteiger partial charge in [0.05, 0.1) is 63.2 Å². The van der Waals surface area contributed by atoms with E-state index in [9.17, 15) is 86.2 Å². The molecule has 5 aliphatic carbocycles. The molecule has 31 nitrogen and oxygen atoms in total. The van der Waals surface area contributed by atoms with Crippen LogP contribution in [0.4, 0.5) is 0 Å². The molecule has 1 aromatic carbocycles. The smallest absolute Gasteiger partial charge is 0.331 e. The summed E-state index contributed by atoms with van der Waals surface area (Å²) in [5.74, 6) is -3.41. The van der Waals surface area contributed by atoms with E-state index in [2.05, 4.69) is 26.8 Å². The summed E-state index contributed by atoms with van der Waals surface area (Å²) in [5, 5.41) is 165. The van der Waals surface area contributed by atoms with Gasteiger partial charge in [-0.25, -0.2) is 4.79 Å². The quantitative estimate of drug-likeness (QED) is 0.0341. The van der Waals surface area contributed by atoms with E-state index in [1.165, 1.54) is 41.1 Å². The zero-order valence-electron chi connectivity index (χ0n) is 57.5. The summed E-state index contributed by atoms with van der Waals surface area (Å²) in [5.41, 5.74) is -3.03. The van der Waals surface area contributed by atoms with Crippen LogP contribution >= 0.6 is 0 Å². The van der Waals surface area contributed by atoms with Crippen LogP contribution in [0.5, 0.6) is 11.5 Å². The molecule has 564 valence electrons. The molecule has 5 saturated heterocycles. The Morgan fingerprint density at radius 3 is 1.77 bits per heavy atom. The third-order valence-corrected chi connectivity index (χ3v) is 24.4. The molecule has 5 aliphatic heterocycles. The summed E-state index contributed by atoms with van der Waals surface area (Å²) in [6.45, 7) is 10.8. The molecular formula is C69H102O31. The Morgan fingerprint density at radius 1 is 0.550 bits per heavy atom. The predicted octanol–water partition coefficient (Wildman–Crippen LogP) is -1.59. The standard InChI is InChI=1S/C69H102O31/c1-28-53(96-58-52(84)55(35(73)27-90-58)97-60-48(80)45(77)43(75)38(25-70)93-60)47(79)50(82)59(91-28)98-56-51(83)54(95-42(74)15-11-30-10-13-36(88-8)37(22-30)89-9)29(2)92-62(56)100-64(87)69-19-16-32-31(33(69)23-65(3,4)20-21-69)12-14-40-66(32,5)18-17-41-67(40,6)24-34(72)57(68(41,7)63(85)86)99-61-49(81)46(78)44(76)39(26-71)94-61/h10-13,15,22,28-29,32-35,38-41,43-62,70-73,75-84H,14,16-21,23-27H2,1-9H3,(H,85,86)/b15-11-/t28-,29+,32-,33-,34-,35+,38+,39+,40+,41+,43+,44+,45-,46-,47-,48+,49+,50+,51-,52+,53-,54-,55-,56+,57-,58-,59+,60-,61-,62-,66-,67+,68-,69+/m0/s1. The Hall–Kier alpha value is -4.21. The second-order valence-corrected chi connectivity index (χ2v) is 30.8. The molecule has 34 atom stereocenters. The minimum atomic E-state index is -2.07. The van der Waals surface area contributed by atoms with E-state index in [1.54, 1.807) is 18.2 Å². The lowest BCUT2D eigenvalue weighted by Gasteiger charge is -2.68. The number of benzene rings is 1. The number of carboxylic acid groups (broad SMARTS) is 1. The third kappa shape index (κ3) is 13.7. The fraction of sp³-hybridized carbons (Fsp3) is 0.812. The van der Waals surface area contributed by atoms with Gasteiger partial charge in [-0.05, 0) is 142 Å². The zero-order valence-corrected chi connectivity index (χ0v) is 57.5. The van der Waals surface area contributed by atoms with Crippen molar-refractivity contribution in [1.29, 1.82) is 0 Å². The van der Waals surface area contributed by atoms with E-state index >= 15 is 4.79 Å². The second-order valence-electron chi connectivity index (χ2n) is 30.8. The van der Waals surface area contributed by atoms with Gasteiger partial charge in [-0.1, -0.05) is 45.4 Å². The molecule has 9 fully saturated rings. The molecule has 100 heavy (non-hydrogen) atoms. The van der Waals surface area contributed by atoms with Gasteiger partial charge in [0.15, 0.2) is 48.9 Å². The summed E-state index contributed by atoms with van der Waals surface area (Å²) in [7, 11) is 2.92. The molecule has 0 radical (unpaired) electrons. The van der Waals surface area contributed by atoms with Crippen LogP contribution in [0.25, 0.3) is 6.08 Å². The molecule has 5 heterocycles. The minimum absolute atomic E-state index is 0.0900. The number of methoxy groups -OCH3 is 2. The predicted molar refractivity (Wildman–Crippen MR) is 338 cm³/mol. The largest absolute Gasteiger partial charge is 0.493 e. The Balaban J connectivity index is 0.842. The fourth-order valence-electron chi connectivity index (χ4n) is 18.8. The summed E-state index contributed by atoms with van der Waals surface area (Å²) in [6.07, 6.45) is -35.5. The first-order valence-electron chi connectivity index (χ1n) is 34.6. The van der Waals surface area contributed by atoms with Crippen LogP contribution in [0.3, 0.4) is 0 Å². The van der Waals surface area contributed by atoms with Crippen molar-refractivity contribution in [2.75, 3.05) is 34.0 Å². The summed E-state index contributed by atoms with van der Waals surface area (Å²) in [6, 6.07) is 4.91. The number of hydrogen-bond acceptors (Lipinski definition) is 30. The van der Waals surface area contributed by atoms with Gasteiger partial charge >= 0.3 is 17.9 Å². The number of esters is 2. The molecule has 0 amide bonds. The zero-order chi connectivity index (χ0) is 72.8. The van der Waals surface area contributed by atoms with Gasteiger partial charge in [0.25, 0.3) is 0 Å². The monoisotopic (exact) mass is 1430 g/mol. The number of aliphatic hydroxyl groups is 14. The first-order chi connectivity index (χ1) is 47.1. The van der Waals surface area contributed by atoms with Crippen LogP contribution in [-0.2, 0) is 66.5 Å². The van der Waals surface area contributed by atoms with Gasteiger partial charge in [-0.3, -0.25) is 9.59 Å². The highest BCUT2D eigenvalue weighted by atomic mass is 16.8. The van der Waals surface area contributed by atoms with E-state index < -0.39 is 231 Å². The van der Waals surface area contributed by atoms with Crippen molar-refractivity contribution in [3.05, 3.63) is 41.5 Å². The topological polar surface area (TPSA) is 475 Å². The van der Waals surface area contributed by atoms with Gasteiger partial charge in [-0.2, -0.15) is 0 Å².